The van der Waals surface area contributed by atoms with Crippen LogP contribution in [0.25, 0.3) is 0 Å². The Labute approximate surface area is 152 Å². The summed E-state index contributed by atoms with van der Waals surface area (Å²) in [6.45, 7) is 8.60. The highest BCUT2D eigenvalue weighted by molar-refractivity contribution is 7.13. The Morgan fingerprint density at radius 3 is 2.48 bits per heavy atom. The van der Waals surface area contributed by atoms with Crippen LogP contribution in [0.4, 0.5) is 0 Å². The molecule has 1 aromatic carbocycles. The van der Waals surface area contributed by atoms with E-state index in [0.29, 0.717) is 17.4 Å². The lowest BCUT2D eigenvalue weighted by atomic mass is 10.1. The van der Waals surface area contributed by atoms with E-state index < -0.39 is 0 Å². The Kier molecular flexibility index (Phi) is 6.34. The van der Waals surface area contributed by atoms with Crippen molar-refractivity contribution in [3.05, 3.63) is 40.4 Å². The third-order valence-electron chi connectivity index (χ3n) is 4.25. The first-order chi connectivity index (χ1) is 12.3. The van der Waals surface area contributed by atoms with E-state index in [1.165, 1.54) is 16.9 Å². The van der Waals surface area contributed by atoms with E-state index in [2.05, 4.69) is 38.2 Å². The molecule has 1 aromatic heterocycles. The van der Waals surface area contributed by atoms with Gasteiger partial charge in [0.25, 0.3) is 5.19 Å². The molecule has 0 saturated carbocycles. The van der Waals surface area contributed by atoms with Crippen molar-refractivity contribution >= 4 is 11.3 Å². The molecule has 0 radical (unpaired) electrons. The van der Waals surface area contributed by atoms with Crippen LogP contribution in [-0.4, -0.2) is 52.8 Å². The summed E-state index contributed by atoms with van der Waals surface area (Å²) in [6, 6.07) is 10.1. The number of nitriles is 1. The summed E-state index contributed by atoms with van der Waals surface area (Å²) >= 11 is 1.54. The van der Waals surface area contributed by atoms with Crippen LogP contribution >= 0.6 is 11.3 Å². The summed E-state index contributed by atoms with van der Waals surface area (Å²) in [5.74, 6) is 0. The second kappa shape index (κ2) is 8.90. The number of benzene rings is 1. The maximum absolute atomic E-state index is 8.89. The van der Waals surface area contributed by atoms with Gasteiger partial charge in [-0.2, -0.15) is 5.26 Å². The molecule has 7 heteroatoms. The first kappa shape index (κ1) is 17.8. The quantitative estimate of drug-likeness (QED) is 0.791. The maximum Gasteiger partial charge on any atom is 0.294 e. The molecule has 1 saturated heterocycles. The predicted octanol–water partition coefficient (Wildman–Crippen LogP) is 2.52. The van der Waals surface area contributed by atoms with Crippen molar-refractivity contribution in [2.24, 2.45) is 0 Å². The predicted molar refractivity (Wildman–Crippen MR) is 97.4 cm³/mol. The van der Waals surface area contributed by atoms with Crippen molar-refractivity contribution in [2.75, 3.05) is 32.8 Å². The Balaban J connectivity index is 1.50. The fourth-order valence-electron chi connectivity index (χ4n) is 2.96. The summed E-state index contributed by atoms with van der Waals surface area (Å²) in [7, 11) is 0. The molecular formula is C18H23N5OS. The Morgan fingerprint density at radius 1 is 1.08 bits per heavy atom. The zero-order chi connectivity index (χ0) is 17.5. The van der Waals surface area contributed by atoms with Gasteiger partial charge in [0.05, 0.1) is 24.8 Å². The Hall–Kier alpha value is -2.01. The Morgan fingerprint density at radius 2 is 1.80 bits per heavy atom. The summed E-state index contributed by atoms with van der Waals surface area (Å²) in [6.07, 6.45) is 1.15. The van der Waals surface area contributed by atoms with E-state index in [9.17, 15) is 0 Å². The lowest BCUT2D eigenvalue weighted by Gasteiger charge is -2.21. The van der Waals surface area contributed by atoms with Crippen LogP contribution in [0.1, 0.15) is 29.5 Å². The van der Waals surface area contributed by atoms with Gasteiger partial charge in [0.1, 0.15) is 5.01 Å². The molecule has 1 aliphatic heterocycles. The highest BCUT2D eigenvalue weighted by Crippen LogP contribution is 2.20. The first-order valence-corrected chi connectivity index (χ1v) is 9.47. The minimum absolute atomic E-state index is 0.628. The standard InChI is InChI=1S/C18H23N5OS/c1-2-24-18-21-20-17(25-18)14-23-9-3-8-22(10-11-23)13-16-6-4-15(12-19)5-7-16/h4-7H,2-3,8-11,13-14H2,1H3. The molecule has 0 N–H and O–H groups in total. The third-order valence-corrected chi connectivity index (χ3v) is 5.07. The van der Waals surface area contributed by atoms with Crippen molar-refractivity contribution in [1.82, 2.24) is 20.0 Å². The number of ether oxygens (including phenoxy) is 1. The van der Waals surface area contributed by atoms with Gasteiger partial charge >= 0.3 is 0 Å². The second-order valence-corrected chi connectivity index (χ2v) is 7.13. The van der Waals surface area contributed by atoms with E-state index in [4.69, 9.17) is 10.00 Å². The van der Waals surface area contributed by atoms with E-state index in [1.807, 2.05) is 19.1 Å². The van der Waals surface area contributed by atoms with Crippen molar-refractivity contribution in [2.45, 2.75) is 26.4 Å². The van der Waals surface area contributed by atoms with Crippen LogP contribution in [0.2, 0.25) is 0 Å². The molecule has 1 fully saturated rings. The van der Waals surface area contributed by atoms with Crippen LogP contribution in [-0.2, 0) is 13.1 Å². The van der Waals surface area contributed by atoms with Crippen molar-refractivity contribution in [1.29, 1.82) is 5.26 Å². The molecule has 2 aromatic rings. The average Bonchev–Trinajstić information content (AvgIpc) is 2.95. The SMILES string of the molecule is CCOc1nnc(CN2CCCN(Cc3ccc(C#N)cc3)CC2)s1. The van der Waals surface area contributed by atoms with Crippen molar-refractivity contribution in [3.8, 4) is 11.3 Å². The van der Waals surface area contributed by atoms with Gasteiger partial charge in [-0.3, -0.25) is 9.80 Å². The van der Waals surface area contributed by atoms with Gasteiger partial charge in [-0.15, -0.1) is 10.2 Å². The van der Waals surface area contributed by atoms with Gasteiger partial charge in [-0.05, 0) is 44.1 Å². The third kappa shape index (κ3) is 5.23. The smallest absolute Gasteiger partial charge is 0.294 e. The van der Waals surface area contributed by atoms with E-state index in [1.54, 1.807) is 0 Å². The van der Waals surface area contributed by atoms with Crippen LogP contribution in [0.3, 0.4) is 0 Å². The molecule has 6 nitrogen and oxygen atoms in total. The molecule has 1 aliphatic rings. The molecule has 0 aliphatic carbocycles. The highest BCUT2D eigenvalue weighted by atomic mass is 32.1. The molecule has 0 atom stereocenters. The molecule has 2 heterocycles. The minimum Gasteiger partial charge on any atom is -0.469 e. The fraction of sp³-hybridized carbons (Fsp3) is 0.500. The van der Waals surface area contributed by atoms with Crippen LogP contribution in [0.5, 0.6) is 5.19 Å². The van der Waals surface area contributed by atoms with E-state index in [0.717, 1.165) is 50.7 Å². The number of aromatic nitrogens is 2. The van der Waals surface area contributed by atoms with E-state index in [-0.39, 0.29) is 0 Å². The van der Waals surface area contributed by atoms with Crippen molar-refractivity contribution in [3.63, 3.8) is 0 Å². The summed E-state index contributed by atoms with van der Waals surface area (Å²) < 4.78 is 5.40. The number of nitrogens with zero attached hydrogens (tertiary/aromatic N) is 5. The molecule has 0 spiro atoms. The second-order valence-electron chi connectivity index (χ2n) is 6.11. The zero-order valence-electron chi connectivity index (χ0n) is 14.5. The average molecular weight is 357 g/mol. The molecule has 0 amide bonds. The van der Waals surface area contributed by atoms with Crippen LogP contribution < -0.4 is 4.74 Å². The molecule has 0 bridgehead atoms. The zero-order valence-corrected chi connectivity index (χ0v) is 15.3. The first-order valence-electron chi connectivity index (χ1n) is 8.65. The van der Waals surface area contributed by atoms with Gasteiger partial charge in [-0.25, -0.2) is 0 Å². The monoisotopic (exact) mass is 357 g/mol. The minimum atomic E-state index is 0.628. The maximum atomic E-state index is 8.89. The lowest BCUT2D eigenvalue weighted by Crippen LogP contribution is -2.30. The van der Waals surface area contributed by atoms with Gasteiger partial charge in [0.2, 0.25) is 0 Å². The topological polar surface area (TPSA) is 65.3 Å². The largest absolute Gasteiger partial charge is 0.469 e. The molecular weight excluding hydrogens is 334 g/mol. The van der Waals surface area contributed by atoms with Gasteiger partial charge in [-0.1, -0.05) is 23.5 Å². The molecule has 3 rings (SSSR count). The molecule has 132 valence electrons. The van der Waals surface area contributed by atoms with Crippen LogP contribution in [0, 0.1) is 11.3 Å². The van der Waals surface area contributed by atoms with Gasteiger partial charge < -0.3 is 4.74 Å². The Bertz CT molecular complexity index is 709. The van der Waals surface area contributed by atoms with Gasteiger partial charge in [0.15, 0.2) is 0 Å². The fourth-order valence-corrected chi connectivity index (χ4v) is 3.75. The summed E-state index contributed by atoms with van der Waals surface area (Å²) in [4.78, 5) is 4.92. The summed E-state index contributed by atoms with van der Waals surface area (Å²) in [5.41, 5.74) is 1.98. The number of hydrogen-bond acceptors (Lipinski definition) is 7. The van der Waals surface area contributed by atoms with E-state index >= 15 is 0 Å². The van der Waals surface area contributed by atoms with Gasteiger partial charge in [0, 0.05) is 19.6 Å². The normalized spacial score (nSPS) is 16.3. The van der Waals surface area contributed by atoms with Crippen LogP contribution in [0.15, 0.2) is 24.3 Å². The van der Waals surface area contributed by atoms with Crippen molar-refractivity contribution < 1.29 is 4.74 Å². The molecule has 0 unspecified atom stereocenters. The number of rotatable bonds is 6. The lowest BCUT2D eigenvalue weighted by molar-refractivity contribution is 0.246. The highest BCUT2D eigenvalue weighted by Gasteiger charge is 2.17. The molecule has 25 heavy (non-hydrogen) atoms. The number of hydrogen-bond donors (Lipinski definition) is 0. The summed E-state index contributed by atoms with van der Waals surface area (Å²) in [5, 5.41) is 18.9.